The molecule has 1 heterocycles. The Bertz CT molecular complexity index is 621. The standard InChI is InChI=1S/C10H7BrN2O3/c11-6-3-1-2-5-9(6)12-7(4-8(14)15)13-10(5)16/h1-3H,4H2,(H,14,15)(H,12,13,16). The number of aliphatic carboxylic acids is 1. The Morgan fingerprint density at radius 3 is 2.94 bits per heavy atom. The zero-order chi connectivity index (χ0) is 11.7. The highest BCUT2D eigenvalue weighted by Crippen LogP contribution is 2.18. The molecule has 2 N–H and O–H groups in total. The van der Waals surface area contributed by atoms with Crippen molar-refractivity contribution in [1.82, 2.24) is 9.97 Å². The summed E-state index contributed by atoms with van der Waals surface area (Å²) in [5.74, 6) is -0.883. The summed E-state index contributed by atoms with van der Waals surface area (Å²) in [7, 11) is 0. The van der Waals surface area contributed by atoms with Crippen LogP contribution < -0.4 is 5.56 Å². The summed E-state index contributed by atoms with van der Waals surface area (Å²) in [6, 6.07) is 5.11. The van der Waals surface area contributed by atoms with Crippen LogP contribution in [0, 0.1) is 0 Å². The highest BCUT2D eigenvalue weighted by Gasteiger charge is 2.08. The van der Waals surface area contributed by atoms with Crippen LogP contribution in [0.5, 0.6) is 0 Å². The molecule has 0 fully saturated rings. The first-order valence-electron chi connectivity index (χ1n) is 4.47. The molecule has 2 aromatic rings. The topological polar surface area (TPSA) is 83.0 Å². The van der Waals surface area contributed by atoms with Crippen LogP contribution in [0.15, 0.2) is 27.5 Å². The van der Waals surface area contributed by atoms with Crippen molar-refractivity contribution in [2.24, 2.45) is 0 Å². The summed E-state index contributed by atoms with van der Waals surface area (Å²) in [5, 5.41) is 9.06. The summed E-state index contributed by atoms with van der Waals surface area (Å²) >= 11 is 3.27. The van der Waals surface area contributed by atoms with Gasteiger partial charge in [0.15, 0.2) is 0 Å². The zero-order valence-electron chi connectivity index (χ0n) is 8.03. The van der Waals surface area contributed by atoms with Crippen LogP contribution in [0.2, 0.25) is 0 Å². The largest absolute Gasteiger partial charge is 0.481 e. The minimum absolute atomic E-state index is 0.150. The number of aromatic amines is 1. The predicted octanol–water partition coefficient (Wildman–Crippen LogP) is 1.31. The lowest BCUT2D eigenvalue weighted by atomic mass is 10.2. The number of para-hydroxylation sites is 1. The van der Waals surface area contributed by atoms with Gasteiger partial charge in [-0.1, -0.05) is 6.07 Å². The van der Waals surface area contributed by atoms with Crippen molar-refractivity contribution in [3.05, 3.63) is 38.9 Å². The highest BCUT2D eigenvalue weighted by molar-refractivity contribution is 9.10. The molecule has 82 valence electrons. The number of rotatable bonds is 2. The molecule has 16 heavy (non-hydrogen) atoms. The van der Waals surface area contributed by atoms with E-state index in [1.807, 2.05) is 0 Å². The molecule has 0 aliphatic heterocycles. The van der Waals surface area contributed by atoms with E-state index in [1.165, 1.54) is 0 Å². The van der Waals surface area contributed by atoms with Crippen LogP contribution in [-0.2, 0) is 11.2 Å². The third kappa shape index (κ3) is 1.96. The van der Waals surface area contributed by atoms with Crippen molar-refractivity contribution in [3.8, 4) is 0 Å². The van der Waals surface area contributed by atoms with Crippen molar-refractivity contribution in [1.29, 1.82) is 0 Å². The number of aromatic nitrogens is 2. The Labute approximate surface area is 98.3 Å². The van der Waals surface area contributed by atoms with Crippen LogP contribution in [0.3, 0.4) is 0 Å². The molecule has 0 atom stereocenters. The number of hydrogen-bond donors (Lipinski definition) is 2. The maximum absolute atomic E-state index is 11.6. The van der Waals surface area contributed by atoms with E-state index >= 15 is 0 Å². The van der Waals surface area contributed by atoms with Crippen LogP contribution in [0.1, 0.15) is 5.82 Å². The third-order valence-corrected chi connectivity index (χ3v) is 2.69. The third-order valence-electron chi connectivity index (χ3n) is 2.05. The molecule has 0 spiro atoms. The number of fused-ring (bicyclic) bond motifs is 1. The Kier molecular flexibility index (Phi) is 2.74. The molecule has 0 saturated carbocycles. The SMILES string of the molecule is O=C(O)Cc1nc2c(Br)cccc2c(=O)[nH]1. The van der Waals surface area contributed by atoms with Crippen LogP contribution in [0.4, 0.5) is 0 Å². The maximum Gasteiger partial charge on any atom is 0.311 e. The van der Waals surface area contributed by atoms with E-state index in [4.69, 9.17) is 5.11 Å². The second-order valence-corrected chi connectivity index (χ2v) is 4.07. The molecular formula is C10H7BrN2O3. The lowest BCUT2D eigenvalue weighted by molar-refractivity contribution is -0.136. The molecule has 6 heteroatoms. The molecule has 5 nitrogen and oxygen atoms in total. The Morgan fingerprint density at radius 1 is 1.50 bits per heavy atom. The Balaban J connectivity index is 2.70. The fourth-order valence-corrected chi connectivity index (χ4v) is 1.86. The molecule has 1 aromatic heterocycles. The zero-order valence-corrected chi connectivity index (χ0v) is 9.61. The van der Waals surface area contributed by atoms with Crippen LogP contribution in [0.25, 0.3) is 10.9 Å². The normalized spacial score (nSPS) is 10.6. The van der Waals surface area contributed by atoms with Crippen molar-refractivity contribution in [3.63, 3.8) is 0 Å². The highest BCUT2D eigenvalue weighted by atomic mass is 79.9. The number of nitrogens with one attached hydrogen (secondary N) is 1. The first-order chi connectivity index (χ1) is 7.58. The van der Waals surface area contributed by atoms with E-state index < -0.39 is 5.97 Å². The van der Waals surface area contributed by atoms with Crippen molar-refractivity contribution < 1.29 is 9.90 Å². The van der Waals surface area contributed by atoms with E-state index in [0.717, 1.165) is 0 Å². The average Bonchev–Trinajstić information content (AvgIpc) is 2.19. The maximum atomic E-state index is 11.6. The second kappa shape index (κ2) is 4.05. The predicted molar refractivity (Wildman–Crippen MR) is 61.4 cm³/mol. The number of H-pyrrole nitrogens is 1. The number of carbonyl (C=O) groups is 1. The minimum atomic E-state index is -1.03. The van der Waals surface area contributed by atoms with Crippen molar-refractivity contribution in [2.75, 3.05) is 0 Å². The average molecular weight is 283 g/mol. The monoisotopic (exact) mass is 282 g/mol. The lowest BCUT2D eigenvalue weighted by Gasteiger charge is -2.01. The molecule has 0 aliphatic carbocycles. The van der Waals surface area contributed by atoms with Gasteiger partial charge in [0.1, 0.15) is 12.2 Å². The van der Waals surface area contributed by atoms with Gasteiger partial charge >= 0.3 is 5.97 Å². The van der Waals surface area contributed by atoms with E-state index in [-0.39, 0.29) is 17.8 Å². The Morgan fingerprint density at radius 2 is 2.25 bits per heavy atom. The first kappa shape index (κ1) is 10.8. The van der Waals surface area contributed by atoms with Gasteiger partial charge < -0.3 is 10.1 Å². The summed E-state index contributed by atoms with van der Waals surface area (Å²) in [4.78, 5) is 28.7. The minimum Gasteiger partial charge on any atom is -0.481 e. The molecule has 0 bridgehead atoms. The Hall–Kier alpha value is -1.69. The molecule has 2 rings (SSSR count). The van der Waals surface area contributed by atoms with E-state index in [2.05, 4.69) is 25.9 Å². The number of carboxylic acids is 1. The van der Waals surface area contributed by atoms with E-state index in [0.29, 0.717) is 15.4 Å². The fourth-order valence-electron chi connectivity index (χ4n) is 1.40. The number of hydrogen-bond acceptors (Lipinski definition) is 3. The number of benzene rings is 1. The number of halogens is 1. The smallest absolute Gasteiger partial charge is 0.311 e. The van der Waals surface area contributed by atoms with Gasteiger partial charge in [0.05, 0.1) is 10.9 Å². The first-order valence-corrected chi connectivity index (χ1v) is 5.26. The van der Waals surface area contributed by atoms with Gasteiger partial charge in [-0.2, -0.15) is 0 Å². The van der Waals surface area contributed by atoms with Gasteiger partial charge in [0.2, 0.25) is 0 Å². The molecule has 0 aliphatic rings. The number of carboxylic acid groups (broad SMARTS) is 1. The van der Waals surface area contributed by atoms with Crippen molar-refractivity contribution in [2.45, 2.75) is 6.42 Å². The summed E-state index contributed by atoms with van der Waals surface area (Å²) in [6.45, 7) is 0. The van der Waals surface area contributed by atoms with E-state index in [9.17, 15) is 9.59 Å². The van der Waals surface area contributed by atoms with Gasteiger partial charge in [-0.3, -0.25) is 9.59 Å². The molecule has 0 radical (unpaired) electrons. The number of nitrogens with zero attached hydrogens (tertiary/aromatic N) is 1. The van der Waals surface area contributed by atoms with Crippen LogP contribution in [-0.4, -0.2) is 21.0 Å². The fraction of sp³-hybridized carbons (Fsp3) is 0.100. The van der Waals surface area contributed by atoms with Crippen LogP contribution >= 0.6 is 15.9 Å². The second-order valence-electron chi connectivity index (χ2n) is 3.22. The molecule has 0 unspecified atom stereocenters. The van der Waals surface area contributed by atoms with Gasteiger partial charge in [0, 0.05) is 4.47 Å². The molecule has 1 aromatic carbocycles. The molecule has 0 amide bonds. The lowest BCUT2D eigenvalue weighted by Crippen LogP contribution is -2.14. The summed E-state index contributed by atoms with van der Waals surface area (Å²) < 4.78 is 0.669. The van der Waals surface area contributed by atoms with E-state index in [1.54, 1.807) is 18.2 Å². The van der Waals surface area contributed by atoms with Gasteiger partial charge in [0.25, 0.3) is 5.56 Å². The quantitative estimate of drug-likeness (QED) is 0.870. The molecule has 0 saturated heterocycles. The molecular weight excluding hydrogens is 276 g/mol. The summed E-state index contributed by atoms with van der Waals surface area (Å²) in [5.41, 5.74) is 0.144. The summed E-state index contributed by atoms with van der Waals surface area (Å²) in [6.07, 6.45) is -0.299. The van der Waals surface area contributed by atoms with Gasteiger partial charge in [-0.15, -0.1) is 0 Å². The van der Waals surface area contributed by atoms with Gasteiger partial charge in [-0.05, 0) is 28.1 Å². The van der Waals surface area contributed by atoms with Crippen molar-refractivity contribution >= 4 is 32.8 Å². The van der Waals surface area contributed by atoms with Gasteiger partial charge in [-0.25, -0.2) is 4.98 Å².